The minimum Gasteiger partial charge on any atom is -0.347 e. The number of hydrogen-bond acceptors (Lipinski definition) is 4. The Hall–Kier alpha value is -2.16. The van der Waals surface area contributed by atoms with Crippen molar-refractivity contribution < 1.29 is 18.0 Å². The van der Waals surface area contributed by atoms with E-state index in [2.05, 4.69) is 15.5 Å². The van der Waals surface area contributed by atoms with Gasteiger partial charge in [0.15, 0.2) is 17.0 Å². The molecule has 0 radical (unpaired) electrons. The lowest BCUT2D eigenvalue weighted by Crippen LogP contribution is -2.61. The number of halogens is 3. The summed E-state index contributed by atoms with van der Waals surface area (Å²) < 4.78 is 39.3. The SMILES string of the molecule is CC(N)(C(=O)NCc1nnc2ccccn12)C(F)(F)F. The number of amides is 1. The molecule has 1 amide bonds. The molecule has 0 saturated carbocycles. The van der Waals surface area contributed by atoms with Crippen molar-refractivity contribution in [3.05, 3.63) is 30.2 Å². The molecule has 108 valence electrons. The quantitative estimate of drug-likeness (QED) is 0.867. The number of aromatic nitrogens is 3. The van der Waals surface area contributed by atoms with E-state index in [9.17, 15) is 18.0 Å². The first-order chi connectivity index (χ1) is 9.23. The molecular weight excluding hydrogens is 275 g/mol. The van der Waals surface area contributed by atoms with Gasteiger partial charge >= 0.3 is 6.18 Å². The van der Waals surface area contributed by atoms with Gasteiger partial charge in [0.2, 0.25) is 5.91 Å². The Labute approximate surface area is 111 Å². The van der Waals surface area contributed by atoms with Crippen molar-refractivity contribution in [1.82, 2.24) is 19.9 Å². The molecule has 1 atom stereocenters. The highest BCUT2D eigenvalue weighted by Gasteiger charge is 2.53. The predicted molar refractivity (Wildman–Crippen MR) is 63.5 cm³/mol. The fourth-order valence-corrected chi connectivity index (χ4v) is 1.48. The summed E-state index contributed by atoms with van der Waals surface area (Å²) >= 11 is 0. The number of nitrogens with two attached hydrogens (primary N) is 1. The molecule has 0 aromatic carbocycles. The van der Waals surface area contributed by atoms with Crippen LogP contribution in [0.4, 0.5) is 13.2 Å². The summed E-state index contributed by atoms with van der Waals surface area (Å²) in [5.74, 6) is -1.01. The zero-order valence-electron chi connectivity index (χ0n) is 10.5. The van der Waals surface area contributed by atoms with Crippen LogP contribution in [0.5, 0.6) is 0 Å². The summed E-state index contributed by atoms with van der Waals surface area (Å²) in [6.07, 6.45) is -3.19. The van der Waals surface area contributed by atoms with Crippen molar-refractivity contribution in [2.24, 2.45) is 5.73 Å². The van der Waals surface area contributed by atoms with Crippen LogP contribution in [0.25, 0.3) is 5.65 Å². The van der Waals surface area contributed by atoms with Crippen molar-refractivity contribution >= 4 is 11.6 Å². The third kappa shape index (κ3) is 2.44. The van der Waals surface area contributed by atoms with Crippen LogP contribution in [0.1, 0.15) is 12.7 Å². The standard InChI is InChI=1S/C11H12F3N5O/c1-10(15,11(12,13)14)9(20)16-6-8-18-17-7-4-2-3-5-19(7)8/h2-5H,6,15H2,1H3,(H,16,20). The minimum atomic E-state index is -4.83. The Morgan fingerprint density at radius 2 is 2.10 bits per heavy atom. The Kier molecular flexibility index (Phi) is 3.38. The summed E-state index contributed by atoms with van der Waals surface area (Å²) in [5.41, 5.74) is 2.59. The number of rotatable bonds is 3. The van der Waals surface area contributed by atoms with E-state index in [1.807, 2.05) is 0 Å². The lowest BCUT2D eigenvalue weighted by molar-refractivity contribution is -0.187. The normalized spacial score (nSPS) is 15.1. The van der Waals surface area contributed by atoms with E-state index in [0.717, 1.165) is 0 Å². The average molecular weight is 287 g/mol. The number of carbonyl (C=O) groups is 1. The van der Waals surface area contributed by atoms with Crippen molar-refractivity contribution in [2.45, 2.75) is 25.2 Å². The average Bonchev–Trinajstić information content (AvgIpc) is 2.77. The van der Waals surface area contributed by atoms with Crippen LogP contribution in [0.3, 0.4) is 0 Å². The molecule has 0 aliphatic carbocycles. The molecule has 0 aliphatic rings. The molecule has 0 saturated heterocycles. The van der Waals surface area contributed by atoms with Crippen molar-refractivity contribution in [3.8, 4) is 0 Å². The van der Waals surface area contributed by atoms with Crippen LogP contribution >= 0.6 is 0 Å². The molecule has 2 aromatic heterocycles. The van der Waals surface area contributed by atoms with Gasteiger partial charge in [-0.05, 0) is 19.1 Å². The lowest BCUT2D eigenvalue weighted by atomic mass is 10.0. The van der Waals surface area contributed by atoms with Crippen molar-refractivity contribution in [3.63, 3.8) is 0 Å². The summed E-state index contributed by atoms with van der Waals surface area (Å²) in [7, 11) is 0. The maximum atomic E-state index is 12.6. The molecule has 2 aromatic rings. The van der Waals surface area contributed by atoms with Crippen LogP contribution in [-0.4, -0.2) is 32.2 Å². The van der Waals surface area contributed by atoms with Gasteiger partial charge in [-0.25, -0.2) is 0 Å². The van der Waals surface area contributed by atoms with E-state index in [-0.39, 0.29) is 6.54 Å². The number of carbonyl (C=O) groups excluding carboxylic acids is 1. The van der Waals surface area contributed by atoms with Crippen LogP contribution in [0.15, 0.2) is 24.4 Å². The summed E-state index contributed by atoms with van der Waals surface area (Å²) in [4.78, 5) is 11.5. The monoisotopic (exact) mass is 287 g/mol. The van der Waals surface area contributed by atoms with Gasteiger partial charge in [0.1, 0.15) is 0 Å². The van der Waals surface area contributed by atoms with E-state index in [1.165, 1.54) is 0 Å². The highest BCUT2D eigenvalue weighted by atomic mass is 19.4. The number of fused-ring (bicyclic) bond motifs is 1. The number of nitrogens with zero attached hydrogens (tertiary/aromatic N) is 3. The topological polar surface area (TPSA) is 85.3 Å². The second kappa shape index (κ2) is 4.75. The first kappa shape index (κ1) is 14.3. The third-order valence-corrected chi connectivity index (χ3v) is 2.85. The summed E-state index contributed by atoms with van der Waals surface area (Å²) in [5, 5.41) is 9.72. The van der Waals surface area contributed by atoms with Gasteiger partial charge in [0.25, 0.3) is 0 Å². The zero-order valence-corrected chi connectivity index (χ0v) is 10.5. The van der Waals surface area contributed by atoms with Gasteiger partial charge in [-0.2, -0.15) is 13.2 Å². The highest BCUT2D eigenvalue weighted by molar-refractivity contribution is 5.86. The van der Waals surface area contributed by atoms with Crippen molar-refractivity contribution in [1.29, 1.82) is 0 Å². The molecule has 0 aliphatic heterocycles. The maximum Gasteiger partial charge on any atom is 0.415 e. The fraction of sp³-hybridized carbons (Fsp3) is 0.364. The minimum absolute atomic E-state index is 0.202. The smallest absolute Gasteiger partial charge is 0.347 e. The Morgan fingerprint density at radius 1 is 1.40 bits per heavy atom. The van der Waals surface area contributed by atoms with E-state index in [4.69, 9.17) is 5.73 Å². The van der Waals surface area contributed by atoms with Crippen LogP contribution in [0.2, 0.25) is 0 Å². The maximum absolute atomic E-state index is 12.6. The summed E-state index contributed by atoms with van der Waals surface area (Å²) in [6, 6.07) is 5.14. The molecule has 2 rings (SSSR count). The van der Waals surface area contributed by atoms with E-state index in [0.29, 0.717) is 18.4 Å². The van der Waals surface area contributed by atoms with Gasteiger partial charge in [-0.1, -0.05) is 6.07 Å². The molecule has 9 heteroatoms. The molecular formula is C11H12F3N5O. The number of nitrogens with one attached hydrogen (secondary N) is 1. The number of alkyl halides is 3. The van der Waals surface area contributed by atoms with Gasteiger partial charge in [-0.3, -0.25) is 9.20 Å². The highest BCUT2D eigenvalue weighted by Crippen LogP contribution is 2.27. The molecule has 0 spiro atoms. The van der Waals surface area contributed by atoms with Crippen molar-refractivity contribution in [2.75, 3.05) is 0 Å². The molecule has 1 unspecified atom stereocenters. The Bertz CT molecular complexity index is 634. The third-order valence-electron chi connectivity index (χ3n) is 2.85. The molecule has 3 N–H and O–H groups in total. The van der Waals surface area contributed by atoms with Gasteiger partial charge in [0.05, 0.1) is 6.54 Å². The fourth-order valence-electron chi connectivity index (χ4n) is 1.48. The van der Waals surface area contributed by atoms with Crippen LogP contribution in [0, 0.1) is 0 Å². The Balaban J connectivity index is 2.11. The van der Waals surface area contributed by atoms with Gasteiger partial charge in [-0.15, -0.1) is 10.2 Å². The van der Waals surface area contributed by atoms with Gasteiger partial charge in [0, 0.05) is 6.20 Å². The largest absolute Gasteiger partial charge is 0.415 e. The second-order valence-electron chi connectivity index (χ2n) is 4.43. The first-order valence-electron chi connectivity index (χ1n) is 5.66. The molecule has 20 heavy (non-hydrogen) atoms. The lowest BCUT2D eigenvalue weighted by Gasteiger charge is -2.25. The Morgan fingerprint density at radius 3 is 2.75 bits per heavy atom. The van der Waals surface area contributed by atoms with E-state index < -0.39 is 17.6 Å². The molecule has 6 nitrogen and oxygen atoms in total. The van der Waals surface area contributed by atoms with Gasteiger partial charge < -0.3 is 11.1 Å². The van der Waals surface area contributed by atoms with Crippen LogP contribution < -0.4 is 11.1 Å². The molecule has 0 fully saturated rings. The number of pyridine rings is 1. The van der Waals surface area contributed by atoms with Crippen LogP contribution in [-0.2, 0) is 11.3 Å². The molecule has 0 bridgehead atoms. The predicted octanol–water partition coefficient (Wildman–Crippen LogP) is 0.625. The van der Waals surface area contributed by atoms with E-state index >= 15 is 0 Å². The number of hydrogen-bond donors (Lipinski definition) is 2. The first-order valence-corrected chi connectivity index (χ1v) is 5.66. The van der Waals surface area contributed by atoms with E-state index in [1.54, 1.807) is 28.8 Å². The summed E-state index contributed by atoms with van der Waals surface area (Å²) in [6.45, 7) is 0.414. The molecule has 2 heterocycles. The second-order valence-corrected chi connectivity index (χ2v) is 4.43. The zero-order chi connectivity index (χ0) is 15.0.